The normalized spacial score (nSPS) is 11.4. The number of thioether (sulfide) groups is 1. The summed E-state index contributed by atoms with van der Waals surface area (Å²) in [4.78, 5) is 10.9. The molecule has 0 radical (unpaired) electrons. The summed E-state index contributed by atoms with van der Waals surface area (Å²) in [5.41, 5.74) is 0.695. The lowest BCUT2D eigenvalue weighted by Crippen LogP contribution is -2.01. The van der Waals surface area contributed by atoms with Crippen LogP contribution in [0.3, 0.4) is 0 Å². The molecule has 3 heteroatoms. The minimum Gasteiger partial charge on any atom is -0.466 e. The van der Waals surface area contributed by atoms with Crippen molar-refractivity contribution in [2.75, 3.05) is 18.6 Å². The second-order valence-corrected chi connectivity index (χ2v) is 3.60. The fourth-order valence-corrected chi connectivity index (χ4v) is 1.48. The van der Waals surface area contributed by atoms with Crippen LogP contribution < -0.4 is 0 Å². The summed E-state index contributed by atoms with van der Waals surface area (Å²) in [7, 11) is 1.40. The summed E-state index contributed by atoms with van der Waals surface area (Å²) in [6, 6.07) is 0. The predicted molar refractivity (Wildman–Crippen MR) is 53.4 cm³/mol. The molecule has 2 nitrogen and oxygen atoms in total. The lowest BCUT2D eigenvalue weighted by atomic mass is 10.3. The van der Waals surface area contributed by atoms with Gasteiger partial charge in [0.2, 0.25) is 0 Å². The number of methoxy groups -OCH3 is 1. The topological polar surface area (TPSA) is 26.3 Å². The van der Waals surface area contributed by atoms with E-state index in [1.807, 2.05) is 17.8 Å². The second-order valence-electron chi connectivity index (χ2n) is 2.45. The van der Waals surface area contributed by atoms with Gasteiger partial charge in [0.05, 0.1) is 7.11 Å². The number of carbonyl (C=O) groups excluding carboxylic acids is 1. The molecule has 0 heterocycles. The summed E-state index contributed by atoms with van der Waals surface area (Å²) in [5, 5.41) is 0. The van der Waals surface area contributed by atoms with E-state index in [0.717, 1.165) is 11.5 Å². The Bertz CT molecular complexity index is 164. The van der Waals surface area contributed by atoms with Gasteiger partial charge in [0.25, 0.3) is 0 Å². The van der Waals surface area contributed by atoms with Crippen molar-refractivity contribution in [2.24, 2.45) is 0 Å². The summed E-state index contributed by atoms with van der Waals surface area (Å²) >= 11 is 1.83. The SMILES string of the molecule is CCCSCC=C(C)C(=O)OC. The Hall–Kier alpha value is -0.440. The molecule has 0 spiro atoms. The predicted octanol–water partition coefficient (Wildman–Crippen LogP) is 2.25. The molecule has 0 aromatic heterocycles. The number of esters is 1. The third-order valence-corrected chi connectivity index (χ3v) is 2.46. The van der Waals surface area contributed by atoms with Crippen LogP contribution in [0.15, 0.2) is 11.6 Å². The van der Waals surface area contributed by atoms with E-state index in [9.17, 15) is 4.79 Å². The van der Waals surface area contributed by atoms with E-state index in [4.69, 9.17) is 0 Å². The molecule has 0 aromatic rings. The summed E-state index contributed by atoms with van der Waals surface area (Å²) in [6.07, 6.45) is 3.09. The van der Waals surface area contributed by atoms with Crippen LogP contribution in [0.1, 0.15) is 20.3 Å². The van der Waals surface area contributed by atoms with Gasteiger partial charge in [-0.25, -0.2) is 4.79 Å². The van der Waals surface area contributed by atoms with Gasteiger partial charge in [0, 0.05) is 11.3 Å². The van der Waals surface area contributed by atoms with Crippen molar-refractivity contribution in [1.29, 1.82) is 0 Å². The summed E-state index contributed by atoms with van der Waals surface area (Å²) in [6.45, 7) is 3.92. The van der Waals surface area contributed by atoms with Gasteiger partial charge < -0.3 is 4.74 Å². The highest BCUT2D eigenvalue weighted by Gasteiger charge is 2.00. The van der Waals surface area contributed by atoms with E-state index in [1.165, 1.54) is 13.5 Å². The highest BCUT2D eigenvalue weighted by Crippen LogP contribution is 2.04. The van der Waals surface area contributed by atoms with Gasteiger partial charge in [0.1, 0.15) is 0 Å². The fraction of sp³-hybridized carbons (Fsp3) is 0.667. The molecule has 0 bridgehead atoms. The number of hydrogen-bond donors (Lipinski definition) is 0. The van der Waals surface area contributed by atoms with Crippen LogP contribution in [0.25, 0.3) is 0 Å². The third-order valence-electron chi connectivity index (χ3n) is 1.36. The standard InChI is InChI=1S/C9H16O2S/c1-4-6-12-7-5-8(2)9(10)11-3/h5H,4,6-7H2,1-3H3. The first-order chi connectivity index (χ1) is 5.72. The van der Waals surface area contributed by atoms with E-state index in [-0.39, 0.29) is 5.97 Å². The Balaban J connectivity index is 3.61. The molecule has 12 heavy (non-hydrogen) atoms. The molecule has 0 fully saturated rings. The lowest BCUT2D eigenvalue weighted by Gasteiger charge is -1.98. The van der Waals surface area contributed by atoms with Crippen LogP contribution in [-0.2, 0) is 9.53 Å². The molecule has 70 valence electrons. The van der Waals surface area contributed by atoms with E-state index < -0.39 is 0 Å². The first kappa shape index (κ1) is 11.6. The van der Waals surface area contributed by atoms with Crippen LogP contribution in [0.5, 0.6) is 0 Å². The van der Waals surface area contributed by atoms with Gasteiger partial charge in [0.15, 0.2) is 0 Å². The van der Waals surface area contributed by atoms with Crippen molar-refractivity contribution in [2.45, 2.75) is 20.3 Å². The molecule has 0 saturated heterocycles. The number of rotatable bonds is 5. The van der Waals surface area contributed by atoms with Crippen LogP contribution in [0, 0.1) is 0 Å². The highest BCUT2D eigenvalue weighted by atomic mass is 32.2. The van der Waals surface area contributed by atoms with Crippen LogP contribution >= 0.6 is 11.8 Å². The maximum Gasteiger partial charge on any atom is 0.333 e. The van der Waals surface area contributed by atoms with E-state index >= 15 is 0 Å². The lowest BCUT2D eigenvalue weighted by molar-refractivity contribution is -0.136. The number of hydrogen-bond acceptors (Lipinski definition) is 3. The molecular formula is C9H16O2S. The Labute approximate surface area is 78.4 Å². The van der Waals surface area contributed by atoms with E-state index in [0.29, 0.717) is 5.57 Å². The zero-order valence-electron chi connectivity index (χ0n) is 7.92. The zero-order chi connectivity index (χ0) is 9.40. The average molecular weight is 188 g/mol. The van der Waals surface area contributed by atoms with Crippen molar-refractivity contribution < 1.29 is 9.53 Å². The first-order valence-corrected chi connectivity index (χ1v) is 5.20. The Morgan fingerprint density at radius 3 is 2.75 bits per heavy atom. The van der Waals surface area contributed by atoms with Gasteiger partial charge >= 0.3 is 5.97 Å². The van der Waals surface area contributed by atoms with Gasteiger partial charge in [-0.05, 0) is 19.1 Å². The minimum atomic E-state index is -0.230. The molecule has 0 saturated carbocycles. The molecule has 0 amide bonds. The Morgan fingerprint density at radius 2 is 2.25 bits per heavy atom. The van der Waals surface area contributed by atoms with E-state index in [2.05, 4.69) is 11.7 Å². The molecule has 0 aliphatic carbocycles. The largest absolute Gasteiger partial charge is 0.466 e. The molecule has 0 rings (SSSR count). The Kier molecular flexibility index (Phi) is 6.96. The number of carbonyl (C=O) groups is 1. The molecule has 0 N–H and O–H groups in total. The third kappa shape index (κ3) is 5.24. The maximum atomic E-state index is 10.9. The second kappa shape index (κ2) is 7.22. The van der Waals surface area contributed by atoms with Crippen molar-refractivity contribution >= 4 is 17.7 Å². The van der Waals surface area contributed by atoms with Gasteiger partial charge in [-0.2, -0.15) is 11.8 Å². The minimum absolute atomic E-state index is 0.230. The van der Waals surface area contributed by atoms with Gasteiger partial charge in [-0.15, -0.1) is 0 Å². The van der Waals surface area contributed by atoms with Crippen molar-refractivity contribution in [3.05, 3.63) is 11.6 Å². The molecule has 0 atom stereocenters. The zero-order valence-corrected chi connectivity index (χ0v) is 8.74. The van der Waals surface area contributed by atoms with Gasteiger partial charge in [-0.3, -0.25) is 0 Å². The average Bonchev–Trinajstić information content (AvgIpc) is 2.10. The molecule has 0 aliphatic heterocycles. The van der Waals surface area contributed by atoms with Crippen molar-refractivity contribution in [3.8, 4) is 0 Å². The van der Waals surface area contributed by atoms with Crippen LogP contribution in [0.2, 0.25) is 0 Å². The van der Waals surface area contributed by atoms with E-state index in [1.54, 1.807) is 6.92 Å². The molecule has 0 unspecified atom stereocenters. The van der Waals surface area contributed by atoms with Crippen LogP contribution in [-0.4, -0.2) is 24.6 Å². The van der Waals surface area contributed by atoms with Crippen LogP contribution in [0.4, 0.5) is 0 Å². The monoisotopic (exact) mass is 188 g/mol. The highest BCUT2D eigenvalue weighted by molar-refractivity contribution is 7.99. The van der Waals surface area contributed by atoms with Crippen molar-refractivity contribution in [1.82, 2.24) is 0 Å². The molecular weight excluding hydrogens is 172 g/mol. The quantitative estimate of drug-likeness (QED) is 0.376. The maximum absolute atomic E-state index is 10.9. The summed E-state index contributed by atoms with van der Waals surface area (Å²) in [5.74, 6) is 1.81. The number of ether oxygens (including phenoxy) is 1. The smallest absolute Gasteiger partial charge is 0.333 e. The molecule has 0 aliphatic rings. The fourth-order valence-electron chi connectivity index (χ4n) is 0.656. The summed E-state index contributed by atoms with van der Waals surface area (Å²) < 4.78 is 4.55. The van der Waals surface area contributed by atoms with Crippen molar-refractivity contribution in [3.63, 3.8) is 0 Å². The van der Waals surface area contributed by atoms with Gasteiger partial charge in [-0.1, -0.05) is 13.0 Å². The first-order valence-electron chi connectivity index (χ1n) is 4.05. The Morgan fingerprint density at radius 1 is 1.58 bits per heavy atom. The molecule has 0 aromatic carbocycles.